The topological polar surface area (TPSA) is 72.5 Å². The van der Waals surface area contributed by atoms with Gasteiger partial charge in [-0.3, -0.25) is 4.79 Å². The van der Waals surface area contributed by atoms with E-state index in [4.69, 9.17) is 15.6 Å². The molecular formula is C14H21NO3S. The fourth-order valence-electron chi connectivity index (χ4n) is 1.61. The second-order valence-electron chi connectivity index (χ2n) is 4.87. The number of methoxy groups -OCH3 is 1. The Morgan fingerprint density at radius 1 is 1.42 bits per heavy atom. The summed E-state index contributed by atoms with van der Waals surface area (Å²) in [6.07, 6.45) is 0.879. The molecule has 1 aromatic rings. The van der Waals surface area contributed by atoms with Gasteiger partial charge in [0.1, 0.15) is 11.8 Å². The van der Waals surface area contributed by atoms with E-state index in [-0.39, 0.29) is 0 Å². The number of nitrogens with two attached hydrogens (primary N) is 1. The summed E-state index contributed by atoms with van der Waals surface area (Å²) in [7, 11) is 1.64. The van der Waals surface area contributed by atoms with Gasteiger partial charge >= 0.3 is 5.97 Å². The van der Waals surface area contributed by atoms with Gasteiger partial charge in [-0.1, -0.05) is 12.1 Å². The number of hydrogen-bond donors (Lipinski definition) is 2. The average Bonchev–Trinajstić information content (AvgIpc) is 2.38. The molecule has 0 saturated carbocycles. The van der Waals surface area contributed by atoms with E-state index in [1.807, 2.05) is 38.1 Å². The maximum atomic E-state index is 10.9. The lowest BCUT2D eigenvalue weighted by molar-refractivity contribution is -0.139. The van der Waals surface area contributed by atoms with Crippen molar-refractivity contribution in [3.63, 3.8) is 0 Å². The van der Waals surface area contributed by atoms with Gasteiger partial charge in [0.25, 0.3) is 0 Å². The van der Waals surface area contributed by atoms with Gasteiger partial charge in [0.15, 0.2) is 0 Å². The molecule has 5 heteroatoms. The number of carboxylic acids is 1. The first kappa shape index (κ1) is 15.9. The summed E-state index contributed by atoms with van der Waals surface area (Å²) < 4.78 is 4.62. The fraction of sp³-hybridized carbons (Fsp3) is 0.500. The van der Waals surface area contributed by atoms with E-state index in [2.05, 4.69) is 0 Å². The summed E-state index contributed by atoms with van der Waals surface area (Å²) in [5.74, 6) is 0.715. The molecule has 3 N–H and O–H groups in total. The van der Waals surface area contributed by atoms with Gasteiger partial charge in [-0.05, 0) is 43.7 Å². The van der Waals surface area contributed by atoms with Gasteiger partial charge in [0, 0.05) is 4.75 Å². The van der Waals surface area contributed by atoms with Crippen molar-refractivity contribution in [2.75, 3.05) is 12.9 Å². The Bertz CT molecular complexity index is 417. The van der Waals surface area contributed by atoms with E-state index in [1.54, 1.807) is 18.9 Å². The zero-order valence-corrected chi connectivity index (χ0v) is 12.4. The maximum absolute atomic E-state index is 10.9. The van der Waals surface area contributed by atoms with Crippen molar-refractivity contribution >= 4 is 17.7 Å². The Kier molecular flexibility index (Phi) is 5.69. The van der Waals surface area contributed by atoms with Crippen molar-refractivity contribution in [2.45, 2.75) is 31.1 Å². The monoisotopic (exact) mass is 283 g/mol. The molecule has 1 atom stereocenters. The standard InChI is InChI=1S/C14H21NO3S/c1-14(2,12(15)13(16)17)19-9-8-10-4-6-11(18-3)7-5-10/h4-7,12H,8-9,15H2,1-3H3,(H,16,17)/t12-/m1/s1. The predicted molar refractivity (Wildman–Crippen MR) is 78.8 cm³/mol. The number of thioether (sulfide) groups is 1. The lowest BCUT2D eigenvalue weighted by Crippen LogP contribution is -2.46. The van der Waals surface area contributed by atoms with E-state index >= 15 is 0 Å². The van der Waals surface area contributed by atoms with Gasteiger partial charge in [-0.15, -0.1) is 0 Å². The Balaban J connectivity index is 2.46. The molecule has 0 saturated heterocycles. The van der Waals surface area contributed by atoms with Gasteiger partial charge < -0.3 is 15.6 Å². The third-order valence-corrected chi connectivity index (χ3v) is 4.45. The predicted octanol–water partition coefficient (Wildman–Crippen LogP) is 2.16. The maximum Gasteiger partial charge on any atom is 0.321 e. The Labute approximate surface area is 118 Å². The molecule has 0 unspecified atom stereocenters. The summed E-state index contributed by atoms with van der Waals surface area (Å²) in [6.45, 7) is 3.73. The summed E-state index contributed by atoms with van der Waals surface area (Å²) >= 11 is 1.58. The molecule has 19 heavy (non-hydrogen) atoms. The molecule has 0 amide bonds. The smallest absolute Gasteiger partial charge is 0.321 e. The van der Waals surface area contributed by atoms with Gasteiger partial charge in [0.05, 0.1) is 7.11 Å². The van der Waals surface area contributed by atoms with Crippen LogP contribution < -0.4 is 10.5 Å². The van der Waals surface area contributed by atoms with Crippen molar-refractivity contribution in [2.24, 2.45) is 5.73 Å². The summed E-state index contributed by atoms with van der Waals surface area (Å²) in [6, 6.07) is 7.03. The molecule has 106 valence electrons. The number of benzene rings is 1. The van der Waals surface area contributed by atoms with Crippen molar-refractivity contribution in [3.8, 4) is 5.75 Å². The van der Waals surface area contributed by atoms with Gasteiger partial charge in [-0.25, -0.2) is 0 Å². The number of carbonyl (C=O) groups is 1. The van der Waals surface area contributed by atoms with Crippen LogP contribution in [0, 0.1) is 0 Å². The van der Waals surface area contributed by atoms with Gasteiger partial charge in [0.2, 0.25) is 0 Å². The third-order valence-electron chi connectivity index (χ3n) is 3.04. The molecule has 1 rings (SSSR count). The van der Waals surface area contributed by atoms with E-state index in [0.717, 1.165) is 17.9 Å². The molecule has 0 spiro atoms. The third kappa shape index (κ3) is 4.76. The van der Waals surface area contributed by atoms with Crippen LogP contribution in [-0.4, -0.2) is 34.7 Å². The Morgan fingerprint density at radius 3 is 2.47 bits per heavy atom. The van der Waals surface area contributed by atoms with E-state index in [9.17, 15) is 4.79 Å². The lowest BCUT2D eigenvalue weighted by atomic mass is 10.1. The highest BCUT2D eigenvalue weighted by atomic mass is 32.2. The minimum atomic E-state index is -0.957. The summed E-state index contributed by atoms with van der Waals surface area (Å²) in [4.78, 5) is 10.9. The number of aliphatic carboxylic acids is 1. The van der Waals surface area contributed by atoms with Crippen molar-refractivity contribution in [1.82, 2.24) is 0 Å². The van der Waals surface area contributed by atoms with Crippen LogP contribution in [0.3, 0.4) is 0 Å². The minimum Gasteiger partial charge on any atom is -0.497 e. The first-order valence-electron chi connectivity index (χ1n) is 6.12. The van der Waals surface area contributed by atoms with E-state index in [0.29, 0.717) is 0 Å². The zero-order chi connectivity index (χ0) is 14.5. The SMILES string of the molecule is COc1ccc(CCSC(C)(C)[C@H](N)C(=O)O)cc1. The number of rotatable bonds is 7. The zero-order valence-electron chi connectivity index (χ0n) is 11.6. The second kappa shape index (κ2) is 6.82. The van der Waals surface area contributed by atoms with Crippen LogP contribution in [0.15, 0.2) is 24.3 Å². The van der Waals surface area contributed by atoms with Crippen LogP contribution in [0.25, 0.3) is 0 Å². The minimum absolute atomic E-state index is 0.474. The molecule has 0 aliphatic rings. The van der Waals surface area contributed by atoms with Crippen LogP contribution in [-0.2, 0) is 11.2 Å². The van der Waals surface area contributed by atoms with Gasteiger partial charge in [-0.2, -0.15) is 11.8 Å². The van der Waals surface area contributed by atoms with Crippen LogP contribution in [0.1, 0.15) is 19.4 Å². The molecular weight excluding hydrogens is 262 g/mol. The van der Waals surface area contributed by atoms with Crippen molar-refractivity contribution in [1.29, 1.82) is 0 Å². The molecule has 0 bridgehead atoms. The van der Waals surface area contributed by atoms with Crippen molar-refractivity contribution in [3.05, 3.63) is 29.8 Å². The Morgan fingerprint density at radius 2 is 2.00 bits per heavy atom. The molecule has 4 nitrogen and oxygen atoms in total. The number of carboxylic acid groups (broad SMARTS) is 1. The molecule has 0 radical (unpaired) electrons. The number of ether oxygens (including phenoxy) is 1. The summed E-state index contributed by atoms with van der Waals surface area (Å²) in [5, 5.41) is 8.94. The average molecular weight is 283 g/mol. The Hall–Kier alpha value is -1.20. The van der Waals surface area contributed by atoms with Crippen LogP contribution in [0.4, 0.5) is 0 Å². The second-order valence-corrected chi connectivity index (χ2v) is 6.62. The molecule has 0 heterocycles. The quantitative estimate of drug-likeness (QED) is 0.802. The van der Waals surface area contributed by atoms with Crippen molar-refractivity contribution < 1.29 is 14.6 Å². The van der Waals surface area contributed by atoms with E-state index in [1.165, 1.54) is 5.56 Å². The van der Waals surface area contributed by atoms with Crippen LogP contribution in [0.5, 0.6) is 5.75 Å². The highest BCUT2D eigenvalue weighted by Gasteiger charge is 2.32. The normalized spacial score (nSPS) is 13.1. The molecule has 0 fully saturated rings. The lowest BCUT2D eigenvalue weighted by Gasteiger charge is -2.27. The van der Waals surface area contributed by atoms with Crippen LogP contribution >= 0.6 is 11.8 Å². The number of aryl methyl sites for hydroxylation is 1. The summed E-state index contributed by atoms with van der Waals surface area (Å²) in [5.41, 5.74) is 6.88. The highest BCUT2D eigenvalue weighted by molar-refractivity contribution is 8.00. The molecule has 0 aliphatic carbocycles. The van der Waals surface area contributed by atoms with Crippen LogP contribution in [0.2, 0.25) is 0 Å². The highest BCUT2D eigenvalue weighted by Crippen LogP contribution is 2.28. The molecule has 0 aliphatic heterocycles. The first-order valence-corrected chi connectivity index (χ1v) is 7.10. The fourth-order valence-corrected chi connectivity index (χ4v) is 2.76. The molecule has 1 aromatic carbocycles. The first-order chi connectivity index (χ1) is 8.86. The van der Waals surface area contributed by atoms with E-state index < -0.39 is 16.8 Å². The number of hydrogen-bond acceptors (Lipinski definition) is 4. The molecule has 0 aromatic heterocycles. The largest absolute Gasteiger partial charge is 0.497 e.